The van der Waals surface area contributed by atoms with E-state index in [0.29, 0.717) is 17.5 Å². The number of nitrogens with one attached hydrogen (secondary N) is 3. The maximum Gasteiger partial charge on any atom is 0.295 e. The average Bonchev–Trinajstić information content (AvgIpc) is 3.05. The highest BCUT2D eigenvalue weighted by Crippen LogP contribution is 2.27. The molecular weight excluding hydrogens is 314 g/mol. The Bertz CT molecular complexity index is 793. The van der Waals surface area contributed by atoms with Crippen LogP contribution in [0.4, 0.5) is 5.69 Å². The van der Waals surface area contributed by atoms with Crippen LogP contribution in [0.1, 0.15) is 36.3 Å². The van der Waals surface area contributed by atoms with Gasteiger partial charge in [0.05, 0.1) is 6.04 Å². The lowest BCUT2D eigenvalue weighted by Gasteiger charge is -2.08. The van der Waals surface area contributed by atoms with Crippen LogP contribution in [0, 0.1) is 13.8 Å². The van der Waals surface area contributed by atoms with Crippen molar-refractivity contribution in [2.24, 2.45) is 0 Å². The molecule has 0 bridgehead atoms. The van der Waals surface area contributed by atoms with Gasteiger partial charge in [0.1, 0.15) is 5.76 Å². The van der Waals surface area contributed by atoms with Gasteiger partial charge in [0.15, 0.2) is 0 Å². The minimum absolute atomic E-state index is 0.0184. The van der Waals surface area contributed by atoms with Crippen molar-refractivity contribution in [3.8, 4) is 0 Å². The first-order chi connectivity index (χ1) is 10.8. The Morgan fingerprint density at radius 1 is 1.13 bits per heavy atom. The first-order valence-corrected chi connectivity index (χ1v) is 9.04. The molecule has 1 aliphatic heterocycles. The maximum atomic E-state index is 12.5. The zero-order valence-electron chi connectivity index (χ0n) is 13.4. The number of rotatable bonds is 4. The quantitative estimate of drug-likeness (QED) is 0.800. The standard InChI is InChI=1S/C16H21N3O3S/c1-10-6-11(2)8-13(7-10)19-23(20,21)16-5-4-15(22-16)14-9-12(3)17-18-14/h4-8,12,14,17-19H,9H2,1-3H3. The zero-order valence-corrected chi connectivity index (χ0v) is 14.2. The summed E-state index contributed by atoms with van der Waals surface area (Å²) in [5.41, 5.74) is 8.72. The van der Waals surface area contributed by atoms with Crippen molar-refractivity contribution in [1.29, 1.82) is 0 Å². The van der Waals surface area contributed by atoms with Gasteiger partial charge in [-0.15, -0.1) is 0 Å². The summed E-state index contributed by atoms with van der Waals surface area (Å²) in [7, 11) is -3.73. The lowest BCUT2D eigenvalue weighted by Crippen LogP contribution is -2.28. The molecule has 7 heteroatoms. The number of sulfonamides is 1. The van der Waals surface area contributed by atoms with Gasteiger partial charge in [-0.2, -0.15) is 8.42 Å². The summed E-state index contributed by atoms with van der Waals surface area (Å²) in [5, 5.41) is -0.0759. The predicted molar refractivity (Wildman–Crippen MR) is 88.5 cm³/mol. The number of anilines is 1. The van der Waals surface area contributed by atoms with Gasteiger partial charge in [-0.1, -0.05) is 6.07 Å². The van der Waals surface area contributed by atoms with Gasteiger partial charge >= 0.3 is 0 Å². The van der Waals surface area contributed by atoms with E-state index in [2.05, 4.69) is 22.5 Å². The first-order valence-electron chi connectivity index (χ1n) is 7.55. The van der Waals surface area contributed by atoms with Gasteiger partial charge in [-0.3, -0.25) is 10.1 Å². The Hall–Kier alpha value is -1.83. The molecule has 0 spiro atoms. The summed E-state index contributed by atoms with van der Waals surface area (Å²) in [6, 6.07) is 9.06. The molecule has 0 radical (unpaired) electrons. The fraction of sp³-hybridized carbons (Fsp3) is 0.375. The maximum absolute atomic E-state index is 12.5. The van der Waals surface area contributed by atoms with Gasteiger partial charge in [0, 0.05) is 11.7 Å². The summed E-state index contributed by atoms with van der Waals surface area (Å²) in [6.07, 6.45) is 0.845. The van der Waals surface area contributed by atoms with Gasteiger partial charge in [-0.05, 0) is 62.6 Å². The van der Waals surface area contributed by atoms with Crippen LogP contribution in [0.2, 0.25) is 0 Å². The van der Waals surface area contributed by atoms with Crippen molar-refractivity contribution in [2.45, 2.75) is 44.4 Å². The van der Waals surface area contributed by atoms with E-state index in [0.717, 1.165) is 17.5 Å². The molecule has 0 saturated carbocycles. The fourth-order valence-electron chi connectivity index (χ4n) is 2.81. The molecule has 1 fully saturated rings. The van der Waals surface area contributed by atoms with Crippen LogP contribution >= 0.6 is 0 Å². The molecule has 1 saturated heterocycles. The van der Waals surface area contributed by atoms with E-state index in [1.165, 1.54) is 6.07 Å². The molecule has 6 nitrogen and oxygen atoms in total. The van der Waals surface area contributed by atoms with Crippen LogP contribution in [-0.4, -0.2) is 14.5 Å². The fourth-order valence-corrected chi connectivity index (χ4v) is 3.79. The SMILES string of the molecule is Cc1cc(C)cc(NS(=O)(=O)c2ccc(C3CC(C)NN3)o2)c1. The molecule has 1 aromatic heterocycles. The second kappa shape index (κ2) is 5.99. The molecule has 0 aliphatic carbocycles. The third-order valence-electron chi connectivity index (χ3n) is 3.78. The zero-order chi connectivity index (χ0) is 16.6. The summed E-state index contributed by atoms with van der Waals surface area (Å²) in [5.74, 6) is 0.614. The second-order valence-electron chi connectivity index (χ2n) is 6.12. The highest BCUT2D eigenvalue weighted by atomic mass is 32.2. The van der Waals surface area contributed by atoms with Crippen LogP contribution < -0.4 is 15.6 Å². The van der Waals surface area contributed by atoms with E-state index in [4.69, 9.17) is 4.42 Å². The Labute approximate surface area is 136 Å². The first kappa shape index (κ1) is 16.0. The summed E-state index contributed by atoms with van der Waals surface area (Å²) >= 11 is 0. The van der Waals surface area contributed by atoms with Gasteiger partial charge in [0.2, 0.25) is 5.09 Å². The van der Waals surface area contributed by atoms with Crippen molar-refractivity contribution in [2.75, 3.05) is 4.72 Å². The number of furan rings is 1. The Balaban J connectivity index is 1.81. The highest BCUT2D eigenvalue weighted by molar-refractivity contribution is 7.92. The van der Waals surface area contributed by atoms with Crippen molar-refractivity contribution < 1.29 is 12.8 Å². The van der Waals surface area contributed by atoms with E-state index in [9.17, 15) is 8.42 Å². The third-order valence-corrected chi connectivity index (χ3v) is 5.03. The van der Waals surface area contributed by atoms with E-state index < -0.39 is 10.0 Å². The van der Waals surface area contributed by atoms with E-state index in [1.54, 1.807) is 18.2 Å². The smallest absolute Gasteiger partial charge is 0.295 e. The van der Waals surface area contributed by atoms with Crippen LogP contribution in [0.3, 0.4) is 0 Å². The molecule has 3 rings (SSSR count). The second-order valence-corrected chi connectivity index (χ2v) is 7.73. The number of aryl methyl sites for hydroxylation is 2. The van der Waals surface area contributed by atoms with E-state index >= 15 is 0 Å². The number of hydrogen-bond donors (Lipinski definition) is 3. The molecule has 0 amide bonds. The van der Waals surface area contributed by atoms with E-state index in [1.807, 2.05) is 19.9 Å². The van der Waals surface area contributed by atoms with Gasteiger partial charge < -0.3 is 4.42 Å². The van der Waals surface area contributed by atoms with Crippen molar-refractivity contribution in [3.05, 3.63) is 47.2 Å². The largest absolute Gasteiger partial charge is 0.446 e. The highest BCUT2D eigenvalue weighted by Gasteiger charge is 2.27. The van der Waals surface area contributed by atoms with Crippen LogP contribution in [0.5, 0.6) is 0 Å². The monoisotopic (exact) mass is 335 g/mol. The van der Waals surface area contributed by atoms with Crippen molar-refractivity contribution in [3.63, 3.8) is 0 Å². The van der Waals surface area contributed by atoms with Crippen molar-refractivity contribution >= 4 is 15.7 Å². The molecule has 3 N–H and O–H groups in total. The summed E-state index contributed by atoms with van der Waals surface area (Å²) in [6.45, 7) is 5.90. The Morgan fingerprint density at radius 2 is 1.83 bits per heavy atom. The third kappa shape index (κ3) is 3.57. The van der Waals surface area contributed by atoms with Crippen LogP contribution in [-0.2, 0) is 10.0 Å². The predicted octanol–water partition coefficient (Wildman–Crippen LogP) is 2.62. The average molecular weight is 335 g/mol. The van der Waals surface area contributed by atoms with Crippen molar-refractivity contribution in [1.82, 2.24) is 10.9 Å². The lowest BCUT2D eigenvalue weighted by molar-refractivity contribution is 0.374. The topological polar surface area (TPSA) is 83.4 Å². The molecule has 1 aromatic carbocycles. The summed E-state index contributed by atoms with van der Waals surface area (Å²) < 4.78 is 33.1. The minimum atomic E-state index is -3.73. The number of hydrogen-bond acceptors (Lipinski definition) is 5. The number of hydrazine groups is 1. The molecule has 1 aliphatic rings. The van der Waals surface area contributed by atoms with Gasteiger partial charge in [-0.25, -0.2) is 5.43 Å². The van der Waals surface area contributed by atoms with Crippen LogP contribution in [0.15, 0.2) is 39.8 Å². The number of benzene rings is 1. The minimum Gasteiger partial charge on any atom is -0.446 e. The molecule has 2 unspecified atom stereocenters. The summed E-state index contributed by atoms with van der Waals surface area (Å²) in [4.78, 5) is 0. The normalized spacial score (nSPS) is 21.5. The molecule has 23 heavy (non-hydrogen) atoms. The molecule has 2 heterocycles. The lowest BCUT2D eigenvalue weighted by atomic mass is 10.1. The molecule has 2 aromatic rings. The molecular formula is C16H21N3O3S. The molecule has 2 atom stereocenters. The van der Waals surface area contributed by atoms with Crippen LogP contribution in [0.25, 0.3) is 0 Å². The van der Waals surface area contributed by atoms with E-state index in [-0.39, 0.29) is 11.1 Å². The Kier molecular flexibility index (Phi) is 4.18. The van der Waals surface area contributed by atoms with Gasteiger partial charge in [0.25, 0.3) is 10.0 Å². The Morgan fingerprint density at radius 3 is 2.43 bits per heavy atom. The molecule has 124 valence electrons.